The van der Waals surface area contributed by atoms with Crippen molar-refractivity contribution >= 4 is 31.5 Å². The number of aromatic nitrogens is 1. The van der Waals surface area contributed by atoms with Crippen molar-refractivity contribution in [1.82, 2.24) is 9.88 Å². The second kappa shape index (κ2) is 14.2. The van der Waals surface area contributed by atoms with E-state index < -0.39 is 20.0 Å². The van der Waals surface area contributed by atoms with Crippen LogP contribution >= 0.6 is 11.3 Å². The molecular weight excluding hydrogens is 504 g/mol. The Morgan fingerprint density at radius 3 is 2.22 bits per heavy atom. The number of amides is 1. The normalized spacial score (nSPS) is 13.6. The molecule has 1 aromatic heterocycles. The van der Waals surface area contributed by atoms with Crippen LogP contribution in [0.5, 0.6) is 0 Å². The van der Waals surface area contributed by atoms with Gasteiger partial charge in [-0.05, 0) is 51.2 Å². The Labute approximate surface area is 230 Å². The molecule has 0 radical (unpaired) electrons. The molecule has 0 aliphatic heterocycles. The number of carbonyl (C=O) groups is 2. The van der Waals surface area contributed by atoms with E-state index in [9.17, 15) is 9.59 Å². The van der Waals surface area contributed by atoms with Crippen LogP contribution in [0.25, 0.3) is 0 Å². The molecule has 37 heavy (non-hydrogen) atoms. The summed E-state index contributed by atoms with van der Waals surface area (Å²) in [5.41, 5.74) is 0.234. The van der Waals surface area contributed by atoms with Crippen molar-refractivity contribution in [3.05, 3.63) is 15.6 Å². The van der Waals surface area contributed by atoms with Gasteiger partial charge < -0.3 is 18.8 Å². The molecule has 0 bridgehead atoms. The molecule has 1 aromatic rings. The molecule has 0 spiro atoms. The number of unbranched alkanes of at least 4 members (excludes halogenated alkanes) is 1. The second-order valence-electron chi connectivity index (χ2n) is 12.7. The summed E-state index contributed by atoms with van der Waals surface area (Å²) in [7, 11) is -0.276. The summed E-state index contributed by atoms with van der Waals surface area (Å²) in [6.45, 7) is 24.5. The lowest BCUT2D eigenvalue weighted by atomic mass is 9.97. The fourth-order valence-corrected chi connectivity index (χ4v) is 5.28. The van der Waals surface area contributed by atoms with E-state index in [-0.39, 0.29) is 29.2 Å². The van der Waals surface area contributed by atoms with Crippen LogP contribution < -0.4 is 0 Å². The van der Waals surface area contributed by atoms with Crippen LogP contribution in [-0.2, 0) is 26.9 Å². The van der Waals surface area contributed by atoms with Gasteiger partial charge in [0.15, 0.2) is 19.1 Å². The first-order chi connectivity index (χ1) is 16.9. The smallest absolute Gasteiger partial charge is 0.410 e. The first-order valence-corrected chi connectivity index (χ1v) is 17.3. The minimum absolute atomic E-state index is 0.0640. The number of rotatable bonds is 14. The van der Waals surface area contributed by atoms with E-state index in [1.54, 1.807) is 11.9 Å². The molecule has 1 atom stereocenters. The fourth-order valence-electron chi connectivity index (χ4n) is 3.36. The first-order valence-electron chi connectivity index (χ1n) is 13.6. The summed E-state index contributed by atoms with van der Waals surface area (Å²) in [6, 6.07) is -0.293. The van der Waals surface area contributed by atoms with Crippen LogP contribution in [0.1, 0.15) is 102 Å². The van der Waals surface area contributed by atoms with Gasteiger partial charge in [0, 0.05) is 37.4 Å². The SMILES string of the molecule is CCCCOCCc1sc(C(=O)C[C@H](C(C)C)N(C)C(=O)OC(C)(C)C)nc1CO[Si](C)(C)C(C)(C)C. The Hall–Kier alpha value is -1.29. The monoisotopic (exact) mass is 556 g/mol. The number of nitrogens with zero attached hydrogens (tertiary/aromatic N) is 2. The third-order valence-electron chi connectivity index (χ3n) is 6.85. The average Bonchev–Trinajstić information content (AvgIpc) is 3.16. The summed E-state index contributed by atoms with van der Waals surface area (Å²) in [5.74, 6) is 0.0140. The largest absolute Gasteiger partial charge is 0.444 e. The highest BCUT2D eigenvalue weighted by molar-refractivity contribution is 7.13. The van der Waals surface area contributed by atoms with E-state index in [0.717, 1.165) is 30.0 Å². The van der Waals surface area contributed by atoms with E-state index in [1.165, 1.54) is 11.3 Å². The van der Waals surface area contributed by atoms with Crippen LogP contribution in [0.4, 0.5) is 4.79 Å². The summed E-state index contributed by atoms with van der Waals surface area (Å²) in [5, 5.41) is 0.558. The maximum Gasteiger partial charge on any atom is 0.410 e. The standard InChI is InChI=1S/C28H52N2O5SSi/c1-13-14-16-33-17-15-24-21(19-34-37(11,12)28(7,8)9)29-25(36-24)23(31)18-22(20(2)3)30(10)26(32)35-27(4,5)6/h20,22H,13-19H2,1-12H3/t22-/m1/s1. The van der Waals surface area contributed by atoms with Crippen molar-refractivity contribution in [2.75, 3.05) is 20.3 Å². The highest BCUT2D eigenvalue weighted by Crippen LogP contribution is 2.37. The third-order valence-corrected chi connectivity index (χ3v) is 12.5. The van der Waals surface area contributed by atoms with Crippen LogP contribution in [-0.4, -0.2) is 62.0 Å². The zero-order valence-electron chi connectivity index (χ0n) is 25.4. The minimum Gasteiger partial charge on any atom is -0.444 e. The molecule has 0 saturated heterocycles. The van der Waals surface area contributed by atoms with Gasteiger partial charge in [-0.3, -0.25) is 4.79 Å². The van der Waals surface area contributed by atoms with Gasteiger partial charge in [-0.25, -0.2) is 9.78 Å². The van der Waals surface area contributed by atoms with Crippen molar-refractivity contribution < 1.29 is 23.5 Å². The van der Waals surface area contributed by atoms with Crippen molar-refractivity contribution in [2.45, 2.75) is 124 Å². The van der Waals surface area contributed by atoms with Crippen LogP contribution in [0.2, 0.25) is 18.1 Å². The Morgan fingerprint density at radius 2 is 1.70 bits per heavy atom. The van der Waals surface area contributed by atoms with Gasteiger partial charge in [-0.1, -0.05) is 48.0 Å². The van der Waals surface area contributed by atoms with Crippen LogP contribution in [0, 0.1) is 5.92 Å². The van der Waals surface area contributed by atoms with E-state index in [4.69, 9.17) is 18.9 Å². The topological polar surface area (TPSA) is 78.0 Å². The van der Waals surface area contributed by atoms with Crippen molar-refractivity contribution in [1.29, 1.82) is 0 Å². The van der Waals surface area contributed by atoms with Gasteiger partial charge in [-0.2, -0.15) is 0 Å². The predicted molar refractivity (Wildman–Crippen MR) is 155 cm³/mol. The Morgan fingerprint density at radius 1 is 1.08 bits per heavy atom. The molecular formula is C28H52N2O5SSi. The number of thiazole rings is 1. The lowest BCUT2D eigenvalue weighted by molar-refractivity contribution is 0.0173. The van der Waals surface area contributed by atoms with Gasteiger partial charge in [0.2, 0.25) is 0 Å². The van der Waals surface area contributed by atoms with Gasteiger partial charge in [0.05, 0.1) is 18.9 Å². The highest BCUT2D eigenvalue weighted by atomic mass is 32.1. The molecule has 9 heteroatoms. The Kier molecular flexibility index (Phi) is 12.9. The zero-order chi connectivity index (χ0) is 28.6. The molecule has 214 valence electrons. The maximum atomic E-state index is 13.4. The van der Waals surface area contributed by atoms with Crippen molar-refractivity contribution in [3.8, 4) is 0 Å². The van der Waals surface area contributed by atoms with Crippen LogP contribution in [0.15, 0.2) is 0 Å². The predicted octanol–water partition coefficient (Wildman–Crippen LogP) is 7.49. The molecule has 1 rings (SSSR count). The molecule has 0 N–H and O–H groups in total. The molecule has 0 aromatic carbocycles. The second-order valence-corrected chi connectivity index (χ2v) is 18.6. The molecule has 7 nitrogen and oxygen atoms in total. The van der Waals surface area contributed by atoms with Crippen LogP contribution in [0.3, 0.4) is 0 Å². The maximum absolute atomic E-state index is 13.4. The molecule has 1 amide bonds. The number of ether oxygens (including phenoxy) is 2. The lowest BCUT2D eigenvalue weighted by Crippen LogP contribution is -2.44. The fraction of sp³-hybridized carbons (Fsp3) is 0.821. The summed E-state index contributed by atoms with van der Waals surface area (Å²) in [4.78, 5) is 33.5. The van der Waals surface area contributed by atoms with Gasteiger partial charge in [0.1, 0.15) is 5.60 Å². The molecule has 0 aliphatic carbocycles. The molecule has 0 fully saturated rings. The van der Waals surface area contributed by atoms with Crippen molar-refractivity contribution in [3.63, 3.8) is 0 Å². The average molecular weight is 557 g/mol. The number of ketones is 1. The lowest BCUT2D eigenvalue weighted by Gasteiger charge is -2.36. The Balaban J connectivity index is 3.10. The summed E-state index contributed by atoms with van der Waals surface area (Å²) < 4.78 is 17.8. The van der Waals surface area contributed by atoms with E-state index in [2.05, 4.69) is 40.8 Å². The number of carbonyl (C=O) groups excluding carboxylic acids is 2. The molecule has 0 aliphatic rings. The van der Waals surface area contributed by atoms with Crippen molar-refractivity contribution in [2.24, 2.45) is 5.92 Å². The van der Waals surface area contributed by atoms with E-state index in [0.29, 0.717) is 24.6 Å². The van der Waals surface area contributed by atoms with Gasteiger partial charge in [0.25, 0.3) is 0 Å². The summed E-state index contributed by atoms with van der Waals surface area (Å²) >= 11 is 1.43. The zero-order valence-corrected chi connectivity index (χ0v) is 27.3. The third kappa shape index (κ3) is 11.1. The molecule has 0 saturated carbocycles. The Bertz CT molecular complexity index is 871. The number of hydrogen-bond acceptors (Lipinski definition) is 7. The number of hydrogen-bond donors (Lipinski definition) is 0. The molecule has 0 unspecified atom stereocenters. The van der Waals surface area contributed by atoms with E-state index in [1.807, 2.05) is 34.6 Å². The number of Topliss-reactive ketones (excluding diaryl/α,β-unsaturated/α-hetero) is 1. The highest BCUT2D eigenvalue weighted by Gasteiger charge is 2.37. The van der Waals surface area contributed by atoms with E-state index >= 15 is 0 Å². The molecule has 1 heterocycles. The first kappa shape index (κ1) is 33.7. The van der Waals surface area contributed by atoms with Gasteiger partial charge >= 0.3 is 6.09 Å². The summed E-state index contributed by atoms with van der Waals surface area (Å²) in [6.07, 6.45) is 2.60. The van der Waals surface area contributed by atoms with Gasteiger partial charge in [-0.15, -0.1) is 11.3 Å². The quantitative estimate of drug-likeness (QED) is 0.134. The minimum atomic E-state index is -1.98.